The molecule has 1 N–H and O–H groups in total. The third-order valence-corrected chi connectivity index (χ3v) is 7.36. The quantitative estimate of drug-likeness (QED) is 0.362. The topological polar surface area (TPSA) is 86.8 Å². The molecule has 3 aromatic carbocycles. The van der Waals surface area contributed by atoms with Crippen molar-refractivity contribution in [1.29, 1.82) is 0 Å². The van der Waals surface area contributed by atoms with Crippen molar-refractivity contribution in [3.63, 3.8) is 0 Å². The van der Waals surface area contributed by atoms with E-state index < -0.39 is 34.3 Å². The summed E-state index contributed by atoms with van der Waals surface area (Å²) in [4.78, 5) is 28.9. The van der Waals surface area contributed by atoms with Crippen molar-refractivity contribution < 1.29 is 22.4 Å². The molecule has 1 atom stereocenters. The Morgan fingerprint density at radius 2 is 1.51 bits per heavy atom. The first-order chi connectivity index (χ1) is 18.4. The van der Waals surface area contributed by atoms with Crippen molar-refractivity contribution in [1.82, 2.24) is 10.2 Å². The number of anilines is 1. The molecule has 3 rings (SSSR count). The van der Waals surface area contributed by atoms with Gasteiger partial charge in [0, 0.05) is 19.5 Å². The second-order valence-corrected chi connectivity index (χ2v) is 12.0. The number of amides is 2. The molecular weight excluding hydrogens is 517 g/mol. The van der Waals surface area contributed by atoms with Gasteiger partial charge in [-0.05, 0) is 48.2 Å². The van der Waals surface area contributed by atoms with Crippen LogP contribution >= 0.6 is 0 Å². The van der Waals surface area contributed by atoms with Crippen molar-refractivity contribution in [3.8, 4) is 0 Å². The van der Waals surface area contributed by atoms with E-state index in [1.165, 1.54) is 17.0 Å². The van der Waals surface area contributed by atoms with Gasteiger partial charge in [-0.2, -0.15) is 0 Å². The van der Waals surface area contributed by atoms with Crippen LogP contribution in [0.25, 0.3) is 0 Å². The Labute approximate surface area is 230 Å². The van der Waals surface area contributed by atoms with Crippen LogP contribution < -0.4 is 9.62 Å². The number of rotatable bonds is 12. The minimum atomic E-state index is -3.83. The summed E-state index contributed by atoms with van der Waals surface area (Å²) in [7, 11) is -3.83. The summed E-state index contributed by atoms with van der Waals surface area (Å²) in [6.07, 6.45) is 1.27. The van der Waals surface area contributed by atoms with E-state index in [0.29, 0.717) is 17.8 Å². The molecule has 0 aliphatic rings. The lowest BCUT2D eigenvalue weighted by atomic mass is 10.0. The highest BCUT2D eigenvalue weighted by molar-refractivity contribution is 7.92. The molecule has 2 amide bonds. The van der Waals surface area contributed by atoms with Crippen LogP contribution in [0.3, 0.4) is 0 Å². The molecule has 0 aromatic heterocycles. The molecule has 0 aliphatic heterocycles. The van der Waals surface area contributed by atoms with Crippen LogP contribution in [0.4, 0.5) is 10.1 Å². The fourth-order valence-electron chi connectivity index (χ4n) is 4.09. The summed E-state index contributed by atoms with van der Waals surface area (Å²) in [5, 5.41) is 2.93. The maximum Gasteiger partial charge on any atom is 0.244 e. The lowest BCUT2D eigenvalue weighted by Gasteiger charge is -2.33. The molecule has 0 unspecified atom stereocenters. The summed E-state index contributed by atoms with van der Waals surface area (Å²) >= 11 is 0. The minimum Gasteiger partial charge on any atom is -0.354 e. The molecule has 7 nitrogen and oxygen atoms in total. The third-order valence-electron chi connectivity index (χ3n) is 6.22. The first kappa shape index (κ1) is 29.8. The molecular formula is C30H36FN3O4S. The zero-order chi connectivity index (χ0) is 28.6. The van der Waals surface area contributed by atoms with Gasteiger partial charge in [0.25, 0.3) is 0 Å². The highest BCUT2D eigenvalue weighted by Gasteiger charge is 2.33. The zero-order valence-corrected chi connectivity index (χ0v) is 23.6. The maximum atomic E-state index is 14.0. The van der Waals surface area contributed by atoms with Gasteiger partial charge in [0.1, 0.15) is 18.4 Å². The largest absolute Gasteiger partial charge is 0.354 e. The normalized spacial score (nSPS) is 12.2. The van der Waals surface area contributed by atoms with Gasteiger partial charge in [0.05, 0.1) is 11.9 Å². The Bertz CT molecular complexity index is 1350. The third kappa shape index (κ3) is 8.92. The van der Waals surface area contributed by atoms with E-state index >= 15 is 0 Å². The van der Waals surface area contributed by atoms with Crippen molar-refractivity contribution in [3.05, 3.63) is 101 Å². The zero-order valence-electron chi connectivity index (χ0n) is 22.8. The summed E-state index contributed by atoms with van der Waals surface area (Å²) in [5.74, 6) is -1.13. The van der Waals surface area contributed by atoms with Gasteiger partial charge >= 0.3 is 0 Å². The lowest BCUT2D eigenvalue weighted by Crippen LogP contribution is -2.53. The van der Waals surface area contributed by atoms with Gasteiger partial charge in [-0.25, -0.2) is 12.8 Å². The van der Waals surface area contributed by atoms with E-state index in [-0.39, 0.29) is 24.8 Å². The fourth-order valence-corrected chi connectivity index (χ4v) is 4.94. The number of hydrogen-bond acceptors (Lipinski definition) is 4. The summed E-state index contributed by atoms with van der Waals surface area (Å²) in [6, 6.07) is 20.9. The highest BCUT2D eigenvalue weighted by Crippen LogP contribution is 2.21. The van der Waals surface area contributed by atoms with Crippen molar-refractivity contribution in [2.45, 2.75) is 39.8 Å². The molecule has 0 spiro atoms. The summed E-state index contributed by atoms with van der Waals surface area (Å²) < 4.78 is 40.2. The second-order valence-electron chi connectivity index (χ2n) is 10.1. The molecule has 0 heterocycles. The number of aryl methyl sites for hydroxylation is 1. The molecule has 39 heavy (non-hydrogen) atoms. The average Bonchev–Trinajstić information content (AvgIpc) is 2.89. The SMILES string of the molecule is Cc1ccc(N(CC(=O)N(Cc2ccc(F)cc2)[C@H](Cc2ccccc2)C(=O)NCC(C)C)S(C)(=O)=O)cc1. The Morgan fingerprint density at radius 1 is 0.897 bits per heavy atom. The van der Waals surface area contributed by atoms with Crippen LogP contribution in [0.2, 0.25) is 0 Å². The number of carbonyl (C=O) groups excluding carboxylic acids is 2. The van der Waals surface area contributed by atoms with Crippen molar-refractivity contribution in [2.24, 2.45) is 5.92 Å². The number of halogens is 1. The molecule has 0 aliphatic carbocycles. The Morgan fingerprint density at radius 3 is 2.08 bits per heavy atom. The van der Waals surface area contributed by atoms with Gasteiger partial charge in [-0.3, -0.25) is 13.9 Å². The maximum absolute atomic E-state index is 14.0. The van der Waals surface area contributed by atoms with E-state index in [1.807, 2.05) is 51.1 Å². The first-order valence-electron chi connectivity index (χ1n) is 12.8. The molecule has 9 heteroatoms. The monoisotopic (exact) mass is 553 g/mol. The van der Waals surface area contributed by atoms with Crippen LogP contribution in [0.15, 0.2) is 78.9 Å². The number of sulfonamides is 1. The number of nitrogens with one attached hydrogen (secondary N) is 1. The Kier molecular flexibility index (Phi) is 10.2. The van der Waals surface area contributed by atoms with Gasteiger partial charge in [0.15, 0.2) is 0 Å². The van der Waals surface area contributed by atoms with E-state index in [1.54, 1.807) is 36.4 Å². The standard InChI is InChI=1S/C30H36FN3O4S/c1-22(2)19-32-30(36)28(18-24-8-6-5-7-9-24)33(20-25-12-14-26(31)15-13-25)29(35)21-34(39(4,37)38)27-16-10-23(3)11-17-27/h5-17,22,28H,18-21H2,1-4H3,(H,32,36)/t28-/m1/s1. The van der Waals surface area contributed by atoms with E-state index in [0.717, 1.165) is 21.7 Å². The number of nitrogens with zero attached hydrogens (tertiary/aromatic N) is 2. The predicted octanol–water partition coefficient (Wildman–Crippen LogP) is 4.31. The number of carbonyl (C=O) groups is 2. The molecule has 0 fully saturated rings. The van der Waals surface area contributed by atoms with E-state index in [9.17, 15) is 22.4 Å². The van der Waals surface area contributed by atoms with Crippen LogP contribution in [0.5, 0.6) is 0 Å². The molecule has 0 radical (unpaired) electrons. The predicted molar refractivity (Wildman–Crippen MR) is 152 cm³/mol. The average molecular weight is 554 g/mol. The molecule has 0 saturated heterocycles. The van der Waals surface area contributed by atoms with Gasteiger partial charge < -0.3 is 10.2 Å². The smallest absolute Gasteiger partial charge is 0.244 e. The lowest BCUT2D eigenvalue weighted by molar-refractivity contribution is -0.140. The van der Waals surface area contributed by atoms with Crippen molar-refractivity contribution >= 4 is 27.5 Å². The van der Waals surface area contributed by atoms with Crippen LogP contribution in [-0.4, -0.2) is 50.5 Å². The van der Waals surface area contributed by atoms with Crippen LogP contribution in [0.1, 0.15) is 30.5 Å². The number of benzene rings is 3. The van der Waals surface area contributed by atoms with Gasteiger partial charge in [-0.15, -0.1) is 0 Å². The Balaban J connectivity index is 2.03. The van der Waals surface area contributed by atoms with Crippen molar-refractivity contribution in [2.75, 3.05) is 23.7 Å². The Hall–Kier alpha value is -3.72. The summed E-state index contributed by atoms with van der Waals surface area (Å²) in [5.41, 5.74) is 2.75. The summed E-state index contributed by atoms with van der Waals surface area (Å²) in [6.45, 7) is 5.75. The van der Waals surface area contributed by atoms with Crippen LogP contribution in [-0.2, 0) is 32.6 Å². The van der Waals surface area contributed by atoms with Crippen LogP contribution in [0, 0.1) is 18.7 Å². The number of hydrogen-bond donors (Lipinski definition) is 1. The highest BCUT2D eigenvalue weighted by atomic mass is 32.2. The second kappa shape index (κ2) is 13.4. The molecule has 0 bridgehead atoms. The van der Waals surface area contributed by atoms with Gasteiger partial charge in [0.2, 0.25) is 21.8 Å². The fraction of sp³-hybridized carbons (Fsp3) is 0.333. The molecule has 208 valence electrons. The van der Waals surface area contributed by atoms with Gasteiger partial charge in [-0.1, -0.05) is 74.0 Å². The van der Waals surface area contributed by atoms with E-state index in [2.05, 4.69) is 5.32 Å². The van der Waals surface area contributed by atoms with E-state index in [4.69, 9.17) is 0 Å². The first-order valence-corrected chi connectivity index (χ1v) is 14.7. The molecule has 3 aromatic rings. The molecule has 0 saturated carbocycles. The minimum absolute atomic E-state index is 0.00277.